The highest BCUT2D eigenvalue weighted by molar-refractivity contribution is 7.89. The molecule has 0 atom stereocenters. The molecule has 0 aromatic rings. The Hall–Kier alpha value is 0.267. The largest absolute Gasteiger partial charge is 0.668 e. The Morgan fingerprint density at radius 2 is 1.00 bits per heavy atom. The number of halogens is 2. The molecule has 0 radical (unpaired) electrons. The van der Waals surface area contributed by atoms with Crippen molar-refractivity contribution in [2.45, 2.75) is 0 Å². The van der Waals surface area contributed by atoms with Crippen molar-refractivity contribution in [1.29, 1.82) is 0 Å². The molecule has 4 nitrogen and oxygen atoms in total. The van der Waals surface area contributed by atoms with Crippen molar-refractivity contribution in [1.82, 2.24) is 0 Å². The molecule has 0 heterocycles. The summed E-state index contributed by atoms with van der Waals surface area (Å²) >= 11 is -1.25. The van der Waals surface area contributed by atoms with Gasteiger partial charge >= 0.3 is 9.05 Å². The van der Waals surface area contributed by atoms with Crippen LogP contribution in [0.5, 0.6) is 0 Å². The van der Waals surface area contributed by atoms with Crippen LogP contribution in [0, 0.1) is 0 Å². The van der Waals surface area contributed by atoms with Gasteiger partial charge in [-0.1, -0.05) is 0 Å². The monoisotopic (exact) mass is 166 g/mol. The van der Waals surface area contributed by atoms with E-state index in [1.165, 1.54) is 0 Å². The van der Waals surface area contributed by atoms with Gasteiger partial charge in [0.05, 0.1) is 0 Å². The van der Waals surface area contributed by atoms with E-state index in [0.29, 0.717) is 0 Å². The molecule has 8 heavy (non-hydrogen) atoms. The van der Waals surface area contributed by atoms with Crippen molar-refractivity contribution in [3.8, 4) is 0 Å². The molecule has 0 rings (SSSR count). The van der Waals surface area contributed by atoms with Crippen LogP contribution in [0.1, 0.15) is 0 Å². The second-order valence-electron chi connectivity index (χ2n) is 0.658. The van der Waals surface area contributed by atoms with E-state index < -0.39 is 21.6 Å². The Labute approximate surface area is 49.5 Å². The quantitative estimate of drug-likeness (QED) is 0.343. The number of rotatable bonds is 0. The van der Waals surface area contributed by atoms with Gasteiger partial charge in [0.1, 0.15) is 0 Å². The van der Waals surface area contributed by atoms with Crippen LogP contribution < -0.4 is 0 Å². The lowest BCUT2D eigenvalue weighted by Crippen LogP contribution is -2.33. The lowest BCUT2D eigenvalue weighted by atomic mass is 15.7. The molecule has 0 unspecified atom stereocenters. The fourth-order valence-electron chi connectivity index (χ4n) is 0. The first-order valence-corrected chi connectivity index (χ1v) is 3.61. The Balaban J connectivity index is 0. The normalized spacial score (nSPS) is 9.75. The molecule has 0 saturated heterocycles. The minimum atomic E-state index is -4.61. The van der Waals surface area contributed by atoms with Crippen LogP contribution in [0.15, 0.2) is 0 Å². The highest BCUT2D eigenvalue weighted by atomic mass is 32.2. The Kier molecular flexibility index (Phi) is 7.51. The second-order valence-corrected chi connectivity index (χ2v) is 1.97. The summed E-state index contributed by atoms with van der Waals surface area (Å²) in [5.41, 5.74) is 0. The van der Waals surface area contributed by atoms with Crippen molar-refractivity contribution in [3.63, 3.8) is 0 Å². The zero-order valence-electron chi connectivity index (χ0n) is 3.45. The van der Waals surface area contributed by atoms with E-state index in [2.05, 4.69) is 0 Å². The van der Waals surface area contributed by atoms with Crippen LogP contribution in [0.3, 0.4) is 0 Å². The summed E-state index contributed by atoms with van der Waals surface area (Å²) in [6.07, 6.45) is 0. The molecule has 0 aliphatic heterocycles. The van der Waals surface area contributed by atoms with Crippen LogP contribution in [0.4, 0.5) is 7.77 Å². The highest BCUT2D eigenvalue weighted by Gasteiger charge is 2.22. The van der Waals surface area contributed by atoms with Gasteiger partial charge in [-0.05, 0) is 0 Å². The maximum Gasteiger partial charge on any atom is 0.668 e. The lowest BCUT2D eigenvalue weighted by Gasteiger charge is -1.91. The number of hydrogen-bond acceptors (Lipinski definition) is 5. The maximum atomic E-state index is 9.54. The van der Waals surface area contributed by atoms with Gasteiger partial charge in [-0.15, -0.1) is 7.77 Å². The third-order valence-corrected chi connectivity index (χ3v) is 0. The van der Waals surface area contributed by atoms with Gasteiger partial charge in [-0.3, -0.25) is 0 Å². The van der Waals surface area contributed by atoms with E-state index in [4.69, 9.17) is 19.2 Å². The molecular formula is H4F2O4SSi. The predicted octanol–water partition coefficient (Wildman–Crippen LogP) is -1.12. The third kappa shape index (κ3) is 2440. The zero-order valence-corrected chi connectivity index (χ0v) is 5.27. The summed E-state index contributed by atoms with van der Waals surface area (Å²) in [6, 6.07) is 0. The first kappa shape index (κ1) is 11.1. The molecule has 0 aromatic carbocycles. The van der Waals surface area contributed by atoms with Crippen molar-refractivity contribution >= 4 is 21.6 Å². The van der Waals surface area contributed by atoms with Crippen LogP contribution >= 0.6 is 12.5 Å². The minimum absolute atomic E-state index is 1.25. The van der Waals surface area contributed by atoms with E-state index in [1.54, 1.807) is 0 Å². The van der Waals surface area contributed by atoms with Gasteiger partial charge in [-0.2, -0.15) is 0 Å². The summed E-state index contributed by atoms with van der Waals surface area (Å²) in [7, 11) is -4.61. The molecule has 0 fully saturated rings. The Morgan fingerprint density at radius 1 is 1.00 bits per heavy atom. The van der Waals surface area contributed by atoms with E-state index in [1.807, 2.05) is 0 Å². The van der Waals surface area contributed by atoms with E-state index >= 15 is 0 Å². The standard InChI is InChI=1S/F2S.H4O4Si/c1-3-2;1-5(2,3)4/h;1-4H. The summed E-state index contributed by atoms with van der Waals surface area (Å²) in [4.78, 5) is 29.3. The van der Waals surface area contributed by atoms with Crippen molar-refractivity contribution < 1.29 is 27.0 Å². The third-order valence-electron chi connectivity index (χ3n) is 0. The summed E-state index contributed by atoms with van der Waals surface area (Å²) < 4.78 is 19.1. The maximum absolute atomic E-state index is 9.54. The first-order chi connectivity index (χ1) is 3.41. The van der Waals surface area contributed by atoms with Gasteiger partial charge in [0.2, 0.25) is 0 Å². The Morgan fingerprint density at radius 3 is 1.00 bits per heavy atom. The van der Waals surface area contributed by atoms with Crippen molar-refractivity contribution in [3.05, 3.63) is 0 Å². The molecule has 52 valence electrons. The first-order valence-electron chi connectivity index (χ1n) is 1.20. The molecule has 8 heteroatoms. The van der Waals surface area contributed by atoms with Crippen LogP contribution in [-0.2, 0) is 0 Å². The Bertz CT molecular complexity index is 37.8. The summed E-state index contributed by atoms with van der Waals surface area (Å²) in [6.45, 7) is 0. The van der Waals surface area contributed by atoms with E-state index in [9.17, 15) is 7.77 Å². The molecule has 0 aliphatic carbocycles. The predicted molar refractivity (Wildman–Crippen MR) is 24.4 cm³/mol. The summed E-state index contributed by atoms with van der Waals surface area (Å²) in [5, 5.41) is 0. The fourth-order valence-corrected chi connectivity index (χ4v) is 0. The van der Waals surface area contributed by atoms with Gasteiger partial charge in [-0.25, -0.2) is 0 Å². The average molecular weight is 166 g/mol. The molecule has 0 aromatic heterocycles. The minimum Gasteiger partial charge on any atom is -0.368 e. The van der Waals surface area contributed by atoms with Gasteiger partial charge in [0, 0.05) is 0 Å². The smallest absolute Gasteiger partial charge is 0.368 e. The molecule has 4 N–H and O–H groups in total. The van der Waals surface area contributed by atoms with Gasteiger partial charge in [0.25, 0.3) is 12.5 Å². The summed E-state index contributed by atoms with van der Waals surface area (Å²) in [5.74, 6) is 0. The fraction of sp³-hybridized carbons (Fsp3) is 0. The topological polar surface area (TPSA) is 80.9 Å². The molecule has 0 saturated carbocycles. The van der Waals surface area contributed by atoms with Crippen molar-refractivity contribution in [2.24, 2.45) is 0 Å². The molecule has 0 aliphatic rings. The number of hydrogen-bond donors (Lipinski definition) is 4. The van der Waals surface area contributed by atoms with Crippen LogP contribution in [-0.4, -0.2) is 28.2 Å². The molecular weight excluding hydrogens is 162 g/mol. The lowest BCUT2D eigenvalue weighted by molar-refractivity contribution is 0.117. The van der Waals surface area contributed by atoms with Crippen LogP contribution in [0.2, 0.25) is 0 Å². The zero-order chi connectivity index (χ0) is 7.21. The van der Waals surface area contributed by atoms with Crippen LogP contribution in [0.25, 0.3) is 0 Å². The second kappa shape index (κ2) is 5.40. The molecule has 0 spiro atoms. The average Bonchev–Trinajstić information content (AvgIpc) is 1.27. The van der Waals surface area contributed by atoms with Crippen molar-refractivity contribution in [2.75, 3.05) is 0 Å². The highest BCUT2D eigenvalue weighted by Crippen LogP contribution is 1.95. The van der Waals surface area contributed by atoms with Gasteiger partial charge in [0.15, 0.2) is 0 Å². The molecule has 0 bridgehead atoms. The van der Waals surface area contributed by atoms with E-state index in [0.717, 1.165) is 0 Å². The SMILES string of the molecule is FSF.O[Si](O)(O)O. The van der Waals surface area contributed by atoms with E-state index in [-0.39, 0.29) is 0 Å². The molecule has 0 amide bonds. The van der Waals surface area contributed by atoms with Gasteiger partial charge < -0.3 is 19.2 Å².